The number of hydrogen-bond acceptors (Lipinski definition) is 3. The van der Waals surface area contributed by atoms with Gasteiger partial charge < -0.3 is 10.2 Å². The average molecular weight is 294 g/mol. The van der Waals surface area contributed by atoms with Gasteiger partial charge in [-0.3, -0.25) is 4.98 Å². The van der Waals surface area contributed by atoms with E-state index in [2.05, 4.69) is 10.3 Å². The predicted molar refractivity (Wildman–Crippen MR) is 82.0 cm³/mol. The molecule has 3 nitrogen and oxygen atoms in total. The second-order valence-corrected chi connectivity index (χ2v) is 5.26. The number of nitrogens with zero attached hydrogens (tertiary/aromatic N) is 2. The quantitative estimate of drug-likeness (QED) is 0.919. The number of rotatable bonds is 4. The van der Waals surface area contributed by atoms with Crippen molar-refractivity contribution in [2.45, 2.75) is 13.0 Å². The summed E-state index contributed by atoms with van der Waals surface area (Å²) < 4.78 is 12.9. The number of hydrogen-bond donors (Lipinski definition) is 1. The van der Waals surface area contributed by atoms with Crippen molar-refractivity contribution >= 4 is 23.0 Å². The monoisotopic (exact) mass is 293 g/mol. The molecule has 1 atom stereocenters. The number of aromatic nitrogens is 1. The molecule has 5 heteroatoms. The molecule has 0 saturated carbocycles. The summed E-state index contributed by atoms with van der Waals surface area (Å²) >= 11 is 6.05. The molecule has 0 fully saturated rings. The Kier molecular flexibility index (Phi) is 4.45. The Morgan fingerprint density at radius 3 is 2.60 bits per heavy atom. The lowest BCUT2D eigenvalue weighted by Gasteiger charge is -2.22. The Bertz CT molecular complexity index is 584. The Morgan fingerprint density at radius 2 is 2.00 bits per heavy atom. The zero-order valence-corrected chi connectivity index (χ0v) is 12.4. The van der Waals surface area contributed by atoms with Gasteiger partial charge in [0.05, 0.1) is 29.3 Å². The third kappa shape index (κ3) is 3.39. The van der Waals surface area contributed by atoms with E-state index in [0.29, 0.717) is 5.02 Å². The highest BCUT2D eigenvalue weighted by atomic mass is 35.5. The minimum Gasteiger partial charge on any atom is -0.376 e. The van der Waals surface area contributed by atoms with Crippen molar-refractivity contribution in [1.82, 2.24) is 4.98 Å². The highest BCUT2D eigenvalue weighted by Gasteiger charge is 2.11. The van der Waals surface area contributed by atoms with E-state index in [9.17, 15) is 4.39 Å². The molecule has 106 valence electrons. The zero-order valence-electron chi connectivity index (χ0n) is 11.7. The van der Waals surface area contributed by atoms with Gasteiger partial charge in [-0.1, -0.05) is 11.6 Å². The molecule has 0 radical (unpaired) electrons. The van der Waals surface area contributed by atoms with Gasteiger partial charge in [-0.05, 0) is 37.3 Å². The maximum atomic E-state index is 12.9. The van der Waals surface area contributed by atoms with Crippen LogP contribution >= 0.6 is 11.6 Å². The van der Waals surface area contributed by atoms with Crippen LogP contribution in [0.5, 0.6) is 0 Å². The number of halogens is 2. The molecule has 0 aliphatic carbocycles. The van der Waals surface area contributed by atoms with Gasteiger partial charge >= 0.3 is 0 Å². The number of anilines is 2. The molecular formula is C15H17ClFN3. The molecule has 1 N–H and O–H groups in total. The number of pyridine rings is 1. The van der Waals surface area contributed by atoms with Crippen molar-refractivity contribution in [3.8, 4) is 0 Å². The molecule has 0 bridgehead atoms. The van der Waals surface area contributed by atoms with Crippen LogP contribution < -0.4 is 10.2 Å². The Balaban J connectivity index is 2.24. The molecule has 2 rings (SSSR count). The van der Waals surface area contributed by atoms with Gasteiger partial charge in [-0.25, -0.2) is 4.39 Å². The highest BCUT2D eigenvalue weighted by Crippen LogP contribution is 2.30. The molecule has 2 aromatic rings. The van der Waals surface area contributed by atoms with Gasteiger partial charge in [-0.2, -0.15) is 0 Å². The third-order valence-corrected chi connectivity index (χ3v) is 3.24. The maximum absolute atomic E-state index is 12.9. The van der Waals surface area contributed by atoms with E-state index >= 15 is 0 Å². The van der Waals surface area contributed by atoms with Crippen LogP contribution in [0.4, 0.5) is 15.8 Å². The normalized spacial score (nSPS) is 12.1. The van der Waals surface area contributed by atoms with Crippen LogP contribution in [0.25, 0.3) is 0 Å². The summed E-state index contributed by atoms with van der Waals surface area (Å²) in [5.74, 6) is -0.335. The smallest absolute Gasteiger partial charge is 0.141 e. The second-order valence-electron chi connectivity index (χ2n) is 4.82. The predicted octanol–water partition coefficient (Wildman–Crippen LogP) is 4.11. The third-order valence-electron chi connectivity index (χ3n) is 3.01. The van der Waals surface area contributed by atoms with Gasteiger partial charge in [-0.15, -0.1) is 0 Å². The van der Waals surface area contributed by atoms with E-state index in [1.165, 1.54) is 12.3 Å². The lowest BCUT2D eigenvalue weighted by molar-refractivity contribution is 0.617. The van der Waals surface area contributed by atoms with E-state index in [4.69, 9.17) is 11.6 Å². The molecule has 1 aromatic heterocycles. The van der Waals surface area contributed by atoms with Crippen molar-refractivity contribution in [3.05, 3.63) is 53.1 Å². The second kappa shape index (κ2) is 6.09. The van der Waals surface area contributed by atoms with E-state index < -0.39 is 0 Å². The highest BCUT2D eigenvalue weighted by molar-refractivity contribution is 6.31. The maximum Gasteiger partial charge on any atom is 0.141 e. The van der Waals surface area contributed by atoms with Gasteiger partial charge in [0.1, 0.15) is 5.82 Å². The largest absolute Gasteiger partial charge is 0.376 e. The number of nitrogens with one attached hydrogen (secondary N) is 1. The topological polar surface area (TPSA) is 28.2 Å². The van der Waals surface area contributed by atoms with Crippen LogP contribution in [0.15, 0.2) is 36.5 Å². The first kappa shape index (κ1) is 14.6. The fourth-order valence-corrected chi connectivity index (χ4v) is 2.14. The summed E-state index contributed by atoms with van der Waals surface area (Å²) in [5.41, 5.74) is 2.72. The molecule has 20 heavy (non-hydrogen) atoms. The standard InChI is InChI=1S/C15H17ClFN3/c1-10(13-6-5-12(17)9-18-13)19-14-8-11(16)4-7-15(14)20(2)3/h4-10,19H,1-3H3. The molecule has 0 aliphatic rings. The Morgan fingerprint density at radius 1 is 1.25 bits per heavy atom. The first-order valence-electron chi connectivity index (χ1n) is 6.32. The number of benzene rings is 1. The molecular weight excluding hydrogens is 277 g/mol. The molecule has 1 unspecified atom stereocenters. The van der Waals surface area contributed by atoms with E-state index in [1.807, 2.05) is 44.1 Å². The van der Waals surface area contributed by atoms with Gasteiger partial charge in [0.15, 0.2) is 0 Å². The van der Waals surface area contributed by atoms with Crippen LogP contribution in [0, 0.1) is 5.82 Å². The van der Waals surface area contributed by atoms with E-state index in [-0.39, 0.29) is 11.9 Å². The Hall–Kier alpha value is -1.81. The molecule has 0 amide bonds. The molecule has 1 aromatic carbocycles. The van der Waals surface area contributed by atoms with Crippen molar-refractivity contribution in [2.75, 3.05) is 24.3 Å². The SMILES string of the molecule is CC(Nc1cc(Cl)ccc1N(C)C)c1ccc(F)cn1. The summed E-state index contributed by atoms with van der Waals surface area (Å²) in [6, 6.07) is 8.71. The van der Waals surface area contributed by atoms with E-state index in [1.54, 1.807) is 6.07 Å². The van der Waals surface area contributed by atoms with Crippen molar-refractivity contribution in [1.29, 1.82) is 0 Å². The summed E-state index contributed by atoms with van der Waals surface area (Å²) in [7, 11) is 3.93. The van der Waals surface area contributed by atoms with Crippen LogP contribution in [0.2, 0.25) is 5.02 Å². The molecule has 1 heterocycles. The zero-order chi connectivity index (χ0) is 14.7. The van der Waals surface area contributed by atoms with E-state index in [0.717, 1.165) is 17.1 Å². The molecule has 0 spiro atoms. The lowest BCUT2D eigenvalue weighted by atomic mass is 10.2. The van der Waals surface area contributed by atoms with Gasteiger partial charge in [0.2, 0.25) is 0 Å². The summed E-state index contributed by atoms with van der Waals surface area (Å²) in [6.45, 7) is 1.97. The van der Waals surface area contributed by atoms with Crippen LogP contribution in [0.3, 0.4) is 0 Å². The molecule has 0 saturated heterocycles. The fourth-order valence-electron chi connectivity index (χ4n) is 1.96. The minimum atomic E-state index is -0.335. The van der Waals surface area contributed by atoms with Gasteiger partial charge in [0, 0.05) is 19.1 Å². The summed E-state index contributed by atoms with van der Waals surface area (Å²) in [4.78, 5) is 6.09. The lowest BCUT2D eigenvalue weighted by Crippen LogP contribution is -2.14. The van der Waals surface area contributed by atoms with Gasteiger partial charge in [0.25, 0.3) is 0 Å². The first-order chi connectivity index (χ1) is 9.47. The first-order valence-corrected chi connectivity index (χ1v) is 6.70. The van der Waals surface area contributed by atoms with Crippen LogP contribution in [-0.2, 0) is 0 Å². The fraction of sp³-hybridized carbons (Fsp3) is 0.267. The van der Waals surface area contributed by atoms with Crippen LogP contribution in [-0.4, -0.2) is 19.1 Å². The average Bonchev–Trinajstić information content (AvgIpc) is 2.39. The van der Waals surface area contributed by atoms with Crippen molar-refractivity contribution in [3.63, 3.8) is 0 Å². The van der Waals surface area contributed by atoms with Crippen LogP contribution in [0.1, 0.15) is 18.7 Å². The summed E-state index contributed by atoms with van der Waals surface area (Å²) in [5, 5.41) is 4.02. The van der Waals surface area contributed by atoms with Crippen molar-refractivity contribution < 1.29 is 4.39 Å². The Labute approximate surface area is 123 Å². The summed E-state index contributed by atoms with van der Waals surface area (Å²) in [6.07, 6.45) is 1.22. The van der Waals surface area contributed by atoms with Crippen molar-refractivity contribution in [2.24, 2.45) is 0 Å². The molecule has 0 aliphatic heterocycles. The minimum absolute atomic E-state index is 0.0484.